The molecule has 21 heavy (non-hydrogen) atoms. The molecule has 112 valence electrons. The van der Waals surface area contributed by atoms with Crippen LogP contribution in [0.15, 0.2) is 33.6 Å². The van der Waals surface area contributed by atoms with Crippen LogP contribution in [0.5, 0.6) is 0 Å². The fourth-order valence-electron chi connectivity index (χ4n) is 1.98. The van der Waals surface area contributed by atoms with Gasteiger partial charge in [0.15, 0.2) is 5.82 Å². The van der Waals surface area contributed by atoms with Crippen LogP contribution < -0.4 is 0 Å². The fourth-order valence-corrected chi connectivity index (χ4v) is 3.17. The highest BCUT2D eigenvalue weighted by Gasteiger charge is 2.13. The van der Waals surface area contributed by atoms with Gasteiger partial charge in [-0.05, 0) is 46.2 Å². The Labute approximate surface area is 143 Å². The molecule has 0 bridgehead atoms. The van der Waals surface area contributed by atoms with E-state index in [2.05, 4.69) is 70.9 Å². The minimum Gasteiger partial charge on any atom is -0.232 e. The molecular formula is C16H18BrClN2S. The van der Waals surface area contributed by atoms with Gasteiger partial charge in [0, 0.05) is 10.5 Å². The molecule has 2 aromatic rings. The van der Waals surface area contributed by atoms with Crippen LogP contribution in [0.3, 0.4) is 0 Å². The topological polar surface area (TPSA) is 25.8 Å². The highest BCUT2D eigenvalue weighted by atomic mass is 79.9. The quantitative estimate of drug-likeness (QED) is 0.475. The van der Waals surface area contributed by atoms with Crippen LogP contribution in [0.25, 0.3) is 11.4 Å². The minimum atomic E-state index is 0.475. The predicted molar refractivity (Wildman–Crippen MR) is 95.1 cm³/mol. The van der Waals surface area contributed by atoms with Gasteiger partial charge in [-0.25, -0.2) is 9.97 Å². The summed E-state index contributed by atoms with van der Waals surface area (Å²) in [5.74, 6) is 2.27. The number of hydrogen-bond donors (Lipinski definition) is 0. The maximum absolute atomic E-state index is 6.23. The van der Waals surface area contributed by atoms with E-state index in [1.807, 2.05) is 11.8 Å². The van der Waals surface area contributed by atoms with Crippen molar-refractivity contribution >= 4 is 39.3 Å². The van der Waals surface area contributed by atoms with Crippen LogP contribution in [0, 0.1) is 5.92 Å². The van der Waals surface area contributed by atoms with E-state index < -0.39 is 0 Å². The summed E-state index contributed by atoms with van der Waals surface area (Å²) in [5, 5.41) is 0.475. The normalized spacial score (nSPS) is 11.1. The molecule has 1 aromatic heterocycles. The van der Waals surface area contributed by atoms with Gasteiger partial charge in [-0.3, -0.25) is 0 Å². The number of nitrogens with zero attached hydrogens (tertiary/aromatic N) is 2. The number of halogens is 2. The third-order valence-electron chi connectivity index (χ3n) is 2.90. The van der Waals surface area contributed by atoms with E-state index in [9.17, 15) is 0 Å². The van der Waals surface area contributed by atoms with Crippen molar-refractivity contribution in [3.05, 3.63) is 39.6 Å². The number of rotatable bonds is 5. The Kier molecular flexibility index (Phi) is 6.08. The summed E-state index contributed by atoms with van der Waals surface area (Å²) in [4.78, 5) is 10.3. The summed E-state index contributed by atoms with van der Waals surface area (Å²) in [7, 11) is 0. The van der Waals surface area contributed by atoms with Crippen molar-refractivity contribution in [2.24, 2.45) is 5.92 Å². The van der Waals surface area contributed by atoms with Gasteiger partial charge >= 0.3 is 0 Å². The van der Waals surface area contributed by atoms with Crippen molar-refractivity contribution in [3.8, 4) is 11.4 Å². The lowest BCUT2D eigenvalue weighted by Crippen LogP contribution is -2.02. The molecule has 0 amide bonds. The minimum absolute atomic E-state index is 0.475. The molecule has 1 aromatic carbocycles. The number of benzene rings is 1. The van der Waals surface area contributed by atoms with Crippen molar-refractivity contribution < 1.29 is 0 Å². The lowest BCUT2D eigenvalue weighted by molar-refractivity contribution is 0.632. The molecule has 0 N–H and O–H groups in total. The molecule has 1 heterocycles. The first kappa shape index (κ1) is 16.8. The van der Waals surface area contributed by atoms with E-state index in [-0.39, 0.29) is 0 Å². The molecule has 0 unspecified atom stereocenters. The second-order valence-corrected chi connectivity index (χ2v) is 7.64. The SMILES string of the molecule is CCSc1ccc(-c2nc(Cl)c(Br)c(CC(C)C)n2)cc1. The molecule has 2 nitrogen and oxygen atoms in total. The van der Waals surface area contributed by atoms with Gasteiger partial charge in [0.25, 0.3) is 0 Å². The predicted octanol–water partition coefficient (Wildman–Crippen LogP) is 5.87. The summed E-state index contributed by atoms with van der Waals surface area (Å²) in [5.41, 5.74) is 1.96. The van der Waals surface area contributed by atoms with Crippen LogP contribution in [0.1, 0.15) is 26.5 Å². The van der Waals surface area contributed by atoms with Gasteiger partial charge in [0.05, 0.1) is 10.2 Å². The number of thioether (sulfide) groups is 1. The van der Waals surface area contributed by atoms with Crippen LogP contribution in [0.2, 0.25) is 5.15 Å². The Hall–Kier alpha value is -0.580. The van der Waals surface area contributed by atoms with Crippen LogP contribution >= 0.6 is 39.3 Å². The van der Waals surface area contributed by atoms with E-state index >= 15 is 0 Å². The highest BCUT2D eigenvalue weighted by molar-refractivity contribution is 9.10. The average molecular weight is 386 g/mol. The molecule has 0 aliphatic heterocycles. The van der Waals surface area contributed by atoms with Gasteiger partial charge in [-0.1, -0.05) is 44.5 Å². The zero-order chi connectivity index (χ0) is 15.4. The second kappa shape index (κ2) is 7.61. The number of hydrogen-bond acceptors (Lipinski definition) is 3. The first-order valence-corrected chi connectivity index (χ1v) is 9.12. The first-order valence-electron chi connectivity index (χ1n) is 6.96. The van der Waals surface area contributed by atoms with Gasteiger partial charge < -0.3 is 0 Å². The maximum Gasteiger partial charge on any atom is 0.161 e. The second-order valence-electron chi connectivity index (χ2n) is 5.15. The largest absolute Gasteiger partial charge is 0.232 e. The average Bonchev–Trinajstić information content (AvgIpc) is 2.44. The standard InChI is InChI=1S/C16H18BrClN2S/c1-4-21-12-7-5-11(6-8-12)16-19-13(9-10(2)3)14(17)15(18)20-16/h5-8,10H,4,9H2,1-3H3. The van der Waals surface area contributed by atoms with Crippen molar-refractivity contribution in [1.29, 1.82) is 0 Å². The molecule has 0 aliphatic carbocycles. The summed E-state index contributed by atoms with van der Waals surface area (Å²) in [6, 6.07) is 8.31. The molecule has 0 saturated carbocycles. The van der Waals surface area contributed by atoms with Crippen molar-refractivity contribution in [1.82, 2.24) is 9.97 Å². The Morgan fingerprint density at radius 1 is 1.19 bits per heavy atom. The van der Waals surface area contributed by atoms with Gasteiger partial charge in [0.1, 0.15) is 5.15 Å². The molecule has 0 aliphatic rings. The fraction of sp³-hybridized carbons (Fsp3) is 0.375. The zero-order valence-electron chi connectivity index (χ0n) is 12.4. The van der Waals surface area contributed by atoms with Gasteiger partial charge in [-0.2, -0.15) is 0 Å². The maximum atomic E-state index is 6.23. The molecule has 0 spiro atoms. The lowest BCUT2D eigenvalue weighted by Gasteiger charge is -2.10. The zero-order valence-corrected chi connectivity index (χ0v) is 15.5. The summed E-state index contributed by atoms with van der Waals surface area (Å²) < 4.78 is 0.805. The summed E-state index contributed by atoms with van der Waals surface area (Å²) in [6.45, 7) is 6.48. The molecule has 0 saturated heterocycles. The summed E-state index contributed by atoms with van der Waals surface area (Å²) in [6.07, 6.45) is 0.875. The van der Waals surface area contributed by atoms with E-state index in [0.717, 1.165) is 27.9 Å². The molecule has 5 heteroatoms. The van der Waals surface area contributed by atoms with Crippen molar-refractivity contribution in [2.45, 2.75) is 32.1 Å². The van der Waals surface area contributed by atoms with Gasteiger partial charge in [0.2, 0.25) is 0 Å². The Balaban J connectivity index is 2.36. The number of aromatic nitrogens is 2. The smallest absolute Gasteiger partial charge is 0.161 e. The first-order chi connectivity index (χ1) is 10.0. The van der Waals surface area contributed by atoms with Crippen LogP contribution in [-0.2, 0) is 6.42 Å². The van der Waals surface area contributed by atoms with Crippen molar-refractivity contribution in [2.75, 3.05) is 5.75 Å². The highest BCUT2D eigenvalue weighted by Crippen LogP contribution is 2.29. The molecule has 2 rings (SSSR count). The van der Waals surface area contributed by atoms with Crippen LogP contribution in [-0.4, -0.2) is 15.7 Å². The van der Waals surface area contributed by atoms with Crippen LogP contribution in [0.4, 0.5) is 0 Å². The molecular weight excluding hydrogens is 368 g/mol. The third-order valence-corrected chi connectivity index (χ3v) is 5.13. The third kappa shape index (κ3) is 4.44. The Morgan fingerprint density at radius 3 is 2.43 bits per heavy atom. The molecule has 0 radical (unpaired) electrons. The Morgan fingerprint density at radius 2 is 1.86 bits per heavy atom. The molecule has 0 atom stereocenters. The van der Waals surface area contributed by atoms with Crippen molar-refractivity contribution in [3.63, 3.8) is 0 Å². The van der Waals surface area contributed by atoms with E-state index in [1.54, 1.807) is 0 Å². The van der Waals surface area contributed by atoms with E-state index in [1.165, 1.54) is 4.90 Å². The summed E-state index contributed by atoms with van der Waals surface area (Å²) >= 11 is 11.5. The lowest BCUT2D eigenvalue weighted by atomic mass is 10.1. The molecule has 0 fully saturated rings. The Bertz CT molecular complexity index is 614. The van der Waals surface area contributed by atoms with Gasteiger partial charge in [-0.15, -0.1) is 11.8 Å². The van der Waals surface area contributed by atoms with E-state index in [0.29, 0.717) is 16.9 Å². The monoisotopic (exact) mass is 384 g/mol. The van der Waals surface area contributed by atoms with E-state index in [4.69, 9.17) is 11.6 Å².